The monoisotopic (exact) mass is 725 g/mol. The molecule has 2 amide bonds. The van der Waals surface area contributed by atoms with Gasteiger partial charge in [-0.15, -0.1) is 5.06 Å². The lowest BCUT2D eigenvalue weighted by atomic mass is 9.78. The number of anilines is 2. The Morgan fingerprint density at radius 2 is 1.65 bits per heavy atom. The summed E-state index contributed by atoms with van der Waals surface area (Å²) >= 11 is 0. The van der Waals surface area contributed by atoms with Crippen molar-refractivity contribution < 1.29 is 32.2 Å². The summed E-state index contributed by atoms with van der Waals surface area (Å²) in [6, 6.07) is 18.6. The number of unbranched alkanes of at least 4 members (excludes halogenated alkanes) is 1. The normalized spacial score (nSPS) is 20.2. The third kappa shape index (κ3) is 7.16. The van der Waals surface area contributed by atoms with E-state index in [0.717, 1.165) is 34.7 Å². The quantitative estimate of drug-likeness (QED) is 0.0916. The zero-order valence-corrected chi connectivity index (χ0v) is 31.3. The summed E-state index contributed by atoms with van der Waals surface area (Å²) in [5.74, 6) is -1.91. The van der Waals surface area contributed by atoms with Crippen molar-refractivity contribution in [1.82, 2.24) is 5.06 Å². The third-order valence-corrected chi connectivity index (χ3v) is 11.4. The van der Waals surface area contributed by atoms with Crippen molar-refractivity contribution in [2.24, 2.45) is 0 Å². The average Bonchev–Trinajstić information content (AvgIpc) is 3.60. The number of fused-ring (bicyclic) bond motifs is 4. The van der Waals surface area contributed by atoms with Gasteiger partial charge in [0.25, 0.3) is 21.9 Å². The van der Waals surface area contributed by atoms with Gasteiger partial charge in [0.05, 0.1) is 18.2 Å². The van der Waals surface area contributed by atoms with E-state index in [0.29, 0.717) is 24.4 Å². The molecule has 0 radical (unpaired) electrons. The molecule has 1 atom stereocenters. The van der Waals surface area contributed by atoms with Crippen LogP contribution in [0.5, 0.6) is 0 Å². The Hall–Kier alpha value is -4.74. The second-order valence-electron chi connectivity index (χ2n) is 14.8. The van der Waals surface area contributed by atoms with Crippen LogP contribution >= 0.6 is 0 Å². The van der Waals surface area contributed by atoms with Gasteiger partial charge in [-0.3, -0.25) is 14.1 Å². The van der Waals surface area contributed by atoms with Crippen LogP contribution in [0, 0.1) is 0 Å². The fourth-order valence-electron chi connectivity index (χ4n) is 8.05. The van der Waals surface area contributed by atoms with E-state index >= 15 is 0 Å². The molecule has 1 saturated heterocycles. The van der Waals surface area contributed by atoms with E-state index in [1.807, 2.05) is 36.4 Å². The van der Waals surface area contributed by atoms with Crippen LogP contribution in [-0.4, -0.2) is 60.7 Å². The third-order valence-electron chi connectivity index (χ3n) is 10.6. The predicted octanol–water partition coefficient (Wildman–Crippen LogP) is 6.94. The maximum atomic E-state index is 12.6. The number of amides is 2. The topological polar surface area (TPSA) is 125 Å². The van der Waals surface area contributed by atoms with E-state index in [4.69, 9.17) is 4.84 Å². The molecule has 1 fully saturated rings. The molecule has 0 bridgehead atoms. The Labute approximate surface area is 306 Å². The first kappa shape index (κ1) is 37.0. The number of carbonyl (C=O) groups is 3. The minimum Gasteiger partial charge on any atom is -0.364 e. The average molecular weight is 726 g/mol. The SMILES string of the molecule is CCN1\C(=C/C=C/C=C/C2N(CCCCS(=O)(=O)O)c3ccc4ccccc4c3C2(C)C)C(C)(C)c2cc(CC(=O)ON3C(=O)CCC3=O)ccc21. The van der Waals surface area contributed by atoms with Gasteiger partial charge in [0.1, 0.15) is 0 Å². The first-order chi connectivity index (χ1) is 24.6. The molecule has 0 aromatic heterocycles. The number of benzene rings is 3. The second kappa shape index (κ2) is 14.4. The highest BCUT2D eigenvalue weighted by Gasteiger charge is 2.44. The Bertz CT molecular complexity index is 2100. The van der Waals surface area contributed by atoms with E-state index in [-0.39, 0.29) is 41.9 Å². The lowest BCUT2D eigenvalue weighted by molar-refractivity contribution is -0.197. The van der Waals surface area contributed by atoms with Gasteiger partial charge in [0.15, 0.2) is 0 Å². The lowest BCUT2D eigenvalue weighted by Gasteiger charge is -2.32. The molecule has 3 aliphatic heterocycles. The number of allylic oxidation sites excluding steroid dienone is 5. The smallest absolute Gasteiger partial charge is 0.337 e. The van der Waals surface area contributed by atoms with E-state index in [2.05, 4.69) is 93.0 Å². The number of nitrogens with zero attached hydrogens (tertiary/aromatic N) is 3. The number of carbonyl (C=O) groups excluding carboxylic acids is 3. The first-order valence-corrected chi connectivity index (χ1v) is 19.5. The molecule has 6 rings (SSSR count). The summed E-state index contributed by atoms with van der Waals surface area (Å²) < 4.78 is 32.0. The van der Waals surface area contributed by atoms with Crippen LogP contribution in [0.2, 0.25) is 0 Å². The van der Waals surface area contributed by atoms with Crippen molar-refractivity contribution in [3.05, 3.63) is 107 Å². The lowest BCUT2D eigenvalue weighted by Crippen LogP contribution is -2.40. The Morgan fingerprint density at radius 3 is 2.37 bits per heavy atom. The highest BCUT2D eigenvalue weighted by molar-refractivity contribution is 7.85. The maximum absolute atomic E-state index is 12.6. The maximum Gasteiger partial charge on any atom is 0.337 e. The summed E-state index contributed by atoms with van der Waals surface area (Å²) in [5.41, 5.74) is 5.81. The number of hydroxylamine groups is 2. The van der Waals surface area contributed by atoms with Gasteiger partial charge in [0, 0.05) is 53.8 Å². The molecule has 11 heteroatoms. The molecule has 1 N–H and O–H groups in total. The standard InChI is InChI=1S/C41H47N3O7S/c1-6-42-32-20-18-28(27-38(47)51-44-36(45)22-23-37(44)46)26-31(32)40(2,3)34(42)16-8-7-9-17-35-41(4,5)39-30-15-11-10-14-29(30)19-21-33(39)43(35)24-12-13-25-52(48,49)50/h7-11,14-21,26,35H,6,12-13,22-25,27H2,1-5H3,(H,48,49,50)/b8-7+,17-9+,34-16-. The van der Waals surface area contributed by atoms with Crippen molar-refractivity contribution in [3.63, 3.8) is 0 Å². The van der Waals surface area contributed by atoms with Crippen LogP contribution in [0.4, 0.5) is 11.4 Å². The van der Waals surface area contributed by atoms with Gasteiger partial charge < -0.3 is 14.6 Å². The van der Waals surface area contributed by atoms with Crippen LogP contribution < -0.4 is 9.80 Å². The van der Waals surface area contributed by atoms with Gasteiger partial charge in [-0.1, -0.05) is 94.5 Å². The van der Waals surface area contributed by atoms with Gasteiger partial charge in [-0.2, -0.15) is 8.42 Å². The number of likely N-dealkylation sites (N-methyl/N-ethyl adjacent to an activating group) is 1. The molecule has 0 saturated carbocycles. The minimum absolute atomic E-state index is 0.0162. The van der Waals surface area contributed by atoms with Gasteiger partial charge in [-0.25, -0.2) is 4.79 Å². The molecule has 3 aliphatic rings. The molecule has 0 spiro atoms. The fourth-order valence-corrected chi connectivity index (χ4v) is 8.62. The van der Waals surface area contributed by atoms with Crippen LogP contribution in [0.25, 0.3) is 10.8 Å². The predicted molar refractivity (Wildman–Crippen MR) is 203 cm³/mol. The minimum atomic E-state index is -4.01. The molecule has 274 valence electrons. The van der Waals surface area contributed by atoms with Gasteiger partial charge in [0.2, 0.25) is 0 Å². The molecular formula is C41H47N3O7S. The summed E-state index contributed by atoms with van der Waals surface area (Å²) in [6.07, 6.45) is 11.5. The second-order valence-corrected chi connectivity index (χ2v) is 16.4. The van der Waals surface area contributed by atoms with Crippen LogP contribution in [0.15, 0.2) is 90.7 Å². The molecule has 3 heterocycles. The summed E-state index contributed by atoms with van der Waals surface area (Å²) in [6.45, 7) is 12.3. The van der Waals surface area contributed by atoms with Crippen LogP contribution in [0.3, 0.4) is 0 Å². The highest BCUT2D eigenvalue weighted by Crippen LogP contribution is 2.50. The molecule has 1 unspecified atom stereocenters. The van der Waals surface area contributed by atoms with Crippen molar-refractivity contribution >= 4 is 50.0 Å². The molecule has 0 aliphatic carbocycles. The van der Waals surface area contributed by atoms with Crippen LogP contribution in [0.1, 0.15) is 77.0 Å². The number of hydrogen-bond donors (Lipinski definition) is 1. The number of rotatable bonds is 12. The molecule has 3 aromatic carbocycles. The number of imide groups is 1. The summed E-state index contributed by atoms with van der Waals surface area (Å²) in [7, 11) is -4.01. The Balaban J connectivity index is 1.21. The molecule has 3 aromatic rings. The Kier molecular flexibility index (Phi) is 10.2. The largest absolute Gasteiger partial charge is 0.364 e. The van der Waals surface area contributed by atoms with Gasteiger partial charge in [-0.05, 0) is 65.4 Å². The summed E-state index contributed by atoms with van der Waals surface area (Å²) in [5, 5.41) is 2.98. The summed E-state index contributed by atoms with van der Waals surface area (Å²) in [4.78, 5) is 46.2. The van der Waals surface area contributed by atoms with Crippen molar-refractivity contribution in [2.45, 2.75) is 83.6 Å². The van der Waals surface area contributed by atoms with Gasteiger partial charge >= 0.3 is 5.97 Å². The van der Waals surface area contributed by atoms with E-state index in [9.17, 15) is 27.4 Å². The van der Waals surface area contributed by atoms with E-state index in [1.54, 1.807) is 0 Å². The molecule has 10 nitrogen and oxygen atoms in total. The molecule has 52 heavy (non-hydrogen) atoms. The van der Waals surface area contributed by atoms with E-state index in [1.165, 1.54) is 16.3 Å². The number of hydrogen-bond acceptors (Lipinski definition) is 8. The van der Waals surface area contributed by atoms with Crippen molar-refractivity contribution in [2.75, 3.05) is 28.6 Å². The zero-order chi connectivity index (χ0) is 37.4. The molecular weight excluding hydrogens is 679 g/mol. The zero-order valence-electron chi connectivity index (χ0n) is 30.5. The Morgan fingerprint density at radius 1 is 0.942 bits per heavy atom. The van der Waals surface area contributed by atoms with E-state index < -0.39 is 27.9 Å². The van der Waals surface area contributed by atoms with Crippen molar-refractivity contribution in [1.29, 1.82) is 0 Å². The fraction of sp³-hybridized carbons (Fsp3) is 0.390. The van der Waals surface area contributed by atoms with Crippen molar-refractivity contribution in [3.8, 4) is 0 Å². The first-order valence-electron chi connectivity index (χ1n) is 17.9. The highest BCUT2D eigenvalue weighted by atomic mass is 32.2. The van der Waals surface area contributed by atoms with Crippen LogP contribution in [-0.2, 0) is 46.6 Å².